The average molecular weight is 320 g/mol. The molecule has 0 spiro atoms. The van der Waals surface area contributed by atoms with Crippen LogP contribution in [0.4, 0.5) is 5.69 Å². The Kier molecular flexibility index (Phi) is 3.90. The number of nitrogens with one attached hydrogen (secondary N) is 1. The molecule has 0 aliphatic heterocycles. The molecule has 1 amide bonds. The van der Waals surface area contributed by atoms with Crippen LogP contribution in [0.1, 0.15) is 21.5 Å². The molecule has 98 valence electrons. The molecule has 2 aromatic carbocycles. The van der Waals surface area contributed by atoms with Gasteiger partial charge in [-0.1, -0.05) is 15.9 Å². The molecule has 3 nitrogen and oxygen atoms in total. The predicted molar refractivity (Wildman–Crippen MR) is 79.7 cm³/mol. The standard InChI is InChI=1S/C15H14BrNO2/c1-9-5-11(8-12(16)6-9)15(19)17-14-4-3-13(18)7-10(14)2/h3-8,18H,1-2H3,(H,17,19). The van der Waals surface area contributed by atoms with Crippen molar-refractivity contribution in [2.24, 2.45) is 0 Å². The number of aromatic hydroxyl groups is 1. The van der Waals surface area contributed by atoms with Gasteiger partial charge in [0.2, 0.25) is 0 Å². The van der Waals surface area contributed by atoms with Crippen LogP contribution in [0.5, 0.6) is 5.75 Å². The smallest absolute Gasteiger partial charge is 0.255 e. The lowest BCUT2D eigenvalue weighted by Crippen LogP contribution is -2.12. The highest BCUT2D eigenvalue weighted by molar-refractivity contribution is 9.10. The molecule has 4 heteroatoms. The van der Waals surface area contributed by atoms with E-state index in [9.17, 15) is 9.90 Å². The van der Waals surface area contributed by atoms with Gasteiger partial charge in [0.05, 0.1) is 0 Å². The monoisotopic (exact) mass is 319 g/mol. The lowest BCUT2D eigenvalue weighted by Gasteiger charge is -2.09. The van der Waals surface area contributed by atoms with Crippen molar-refractivity contribution in [1.29, 1.82) is 0 Å². The van der Waals surface area contributed by atoms with Gasteiger partial charge in [0.15, 0.2) is 0 Å². The summed E-state index contributed by atoms with van der Waals surface area (Å²) >= 11 is 3.38. The second-order valence-electron chi connectivity index (χ2n) is 4.47. The van der Waals surface area contributed by atoms with Gasteiger partial charge in [0.1, 0.15) is 5.75 Å². The maximum absolute atomic E-state index is 12.2. The molecule has 0 unspecified atom stereocenters. The minimum Gasteiger partial charge on any atom is -0.508 e. The molecule has 0 aliphatic carbocycles. The van der Waals surface area contributed by atoms with E-state index in [-0.39, 0.29) is 11.7 Å². The third kappa shape index (κ3) is 3.35. The average Bonchev–Trinajstić information content (AvgIpc) is 2.31. The number of carbonyl (C=O) groups excluding carboxylic acids is 1. The number of phenolic OH excluding ortho intramolecular Hbond substituents is 1. The zero-order chi connectivity index (χ0) is 14.0. The van der Waals surface area contributed by atoms with Crippen molar-refractivity contribution in [3.63, 3.8) is 0 Å². The number of anilines is 1. The number of halogens is 1. The van der Waals surface area contributed by atoms with Gasteiger partial charge in [-0.25, -0.2) is 0 Å². The molecular formula is C15H14BrNO2. The van der Waals surface area contributed by atoms with Gasteiger partial charge in [-0.15, -0.1) is 0 Å². The highest BCUT2D eigenvalue weighted by atomic mass is 79.9. The highest BCUT2D eigenvalue weighted by Crippen LogP contribution is 2.22. The lowest BCUT2D eigenvalue weighted by atomic mass is 10.1. The van der Waals surface area contributed by atoms with Gasteiger partial charge in [0, 0.05) is 15.7 Å². The zero-order valence-corrected chi connectivity index (χ0v) is 12.3. The third-order valence-corrected chi connectivity index (χ3v) is 3.22. The molecule has 0 heterocycles. The van der Waals surface area contributed by atoms with Crippen LogP contribution >= 0.6 is 15.9 Å². The number of benzene rings is 2. The van der Waals surface area contributed by atoms with Crippen LogP contribution in [0.25, 0.3) is 0 Å². The van der Waals surface area contributed by atoms with Gasteiger partial charge >= 0.3 is 0 Å². The Morgan fingerprint density at radius 2 is 1.89 bits per heavy atom. The molecule has 0 atom stereocenters. The zero-order valence-electron chi connectivity index (χ0n) is 10.7. The molecule has 0 saturated heterocycles. The fourth-order valence-corrected chi connectivity index (χ4v) is 2.46. The second kappa shape index (κ2) is 5.45. The van der Waals surface area contributed by atoms with E-state index in [1.54, 1.807) is 24.3 Å². The van der Waals surface area contributed by atoms with E-state index in [2.05, 4.69) is 21.2 Å². The summed E-state index contributed by atoms with van der Waals surface area (Å²) in [5, 5.41) is 12.2. The Bertz CT molecular complexity index is 618. The van der Waals surface area contributed by atoms with Crippen LogP contribution in [0.15, 0.2) is 40.9 Å². The first-order chi connectivity index (χ1) is 8.95. The lowest BCUT2D eigenvalue weighted by molar-refractivity contribution is 0.102. The number of amides is 1. The summed E-state index contributed by atoms with van der Waals surface area (Å²) in [4.78, 5) is 12.2. The van der Waals surface area contributed by atoms with Crippen LogP contribution in [-0.2, 0) is 0 Å². The molecule has 0 saturated carbocycles. The largest absolute Gasteiger partial charge is 0.508 e. The van der Waals surface area contributed by atoms with E-state index in [4.69, 9.17) is 0 Å². The number of aryl methyl sites for hydroxylation is 2. The van der Waals surface area contributed by atoms with Gasteiger partial charge in [-0.3, -0.25) is 4.79 Å². The topological polar surface area (TPSA) is 49.3 Å². The molecule has 0 radical (unpaired) electrons. The number of phenols is 1. The van der Waals surface area contributed by atoms with E-state index in [1.807, 2.05) is 26.0 Å². The summed E-state index contributed by atoms with van der Waals surface area (Å²) in [7, 11) is 0. The van der Waals surface area contributed by atoms with Crippen molar-refractivity contribution in [3.8, 4) is 5.75 Å². The Hall–Kier alpha value is -1.81. The van der Waals surface area contributed by atoms with Crippen molar-refractivity contribution < 1.29 is 9.90 Å². The van der Waals surface area contributed by atoms with Crippen LogP contribution in [0.3, 0.4) is 0 Å². The molecule has 2 rings (SSSR count). The number of rotatable bonds is 2. The fraction of sp³-hybridized carbons (Fsp3) is 0.133. The molecule has 2 aromatic rings. The van der Waals surface area contributed by atoms with E-state index in [0.29, 0.717) is 11.3 Å². The van der Waals surface area contributed by atoms with Crippen LogP contribution in [0.2, 0.25) is 0 Å². The molecule has 0 aliphatic rings. The quantitative estimate of drug-likeness (QED) is 0.821. The molecule has 2 N–H and O–H groups in total. The van der Waals surface area contributed by atoms with Crippen LogP contribution in [-0.4, -0.2) is 11.0 Å². The van der Waals surface area contributed by atoms with Crippen molar-refractivity contribution in [2.45, 2.75) is 13.8 Å². The molecular weight excluding hydrogens is 306 g/mol. The van der Waals surface area contributed by atoms with Crippen molar-refractivity contribution in [2.75, 3.05) is 5.32 Å². The molecule has 0 fully saturated rings. The summed E-state index contributed by atoms with van der Waals surface area (Å²) in [6.45, 7) is 3.77. The van der Waals surface area contributed by atoms with Crippen molar-refractivity contribution in [1.82, 2.24) is 0 Å². The number of hydrogen-bond donors (Lipinski definition) is 2. The predicted octanol–water partition coefficient (Wildman–Crippen LogP) is 4.02. The van der Waals surface area contributed by atoms with Crippen LogP contribution in [0, 0.1) is 13.8 Å². The highest BCUT2D eigenvalue weighted by Gasteiger charge is 2.09. The molecule has 0 aromatic heterocycles. The van der Waals surface area contributed by atoms with Gasteiger partial charge in [0.25, 0.3) is 5.91 Å². The number of carbonyl (C=O) groups is 1. The Balaban J connectivity index is 2.25. The summed E-state index contributed by atoms with van der Waals surface area (Å²) in [6, 6.07) is 10.4. The van der Waals surface area contributed by atoms with Gasteiger partial charge in [-0.2, -0.15) is 0 Å². The summed E-state index contributed by atoms with van der Waals surface area (Å²) in [6.07, 6.45) is 0. The SMILES string of the molecule is Cc1cc(Br)cc(C(=O)Nc2ccc(O)cc2C)c1. The first kappa shape index (κ1) is 13.6. The first-order valence-electron chi connectivity index (χ1n) is 5.84. The summed E-state index contributed by atoms with van der Waals surface area (Å²) < 4.78 is 0.875. The second-order valence-corrected chi connectivity index (χ2v) is 5.39. The first-order valence-corrected chi connectivity index (χ1v) is 6.63. The fourth-order valence-electron chi connectivity index (χ4n) is 1.85. The van der Waals surface area contributed by atoms with E-state index in [1.165, 1.54) is 0 Å². The maximum atomic E-state index is 12.2. The van der Waals surface area contributed by atoms with Crippen molar-refractivity contribution >= 4 is 27.5 Å². The maximum Gasteiger partial charge on any atom is 0.255 e. The molecule has 0 bridgehead atoms. The third-order valence-electron chi connectivity index (χ3n) is 2.76. The minimum absolute atomic E-state index is 0.168. The van der Waals surface area contributed by atoms with E-state index in [0.717, 1.165) is 15.6 Å². The van der Waals surface area contributed by atoms with Crippen molar-refractivity contribution in [3.05, 3.63) is 57.6 Å². The Morgan fingerprint density at radius 1 is 1.16 bits per heavy atom. The van der Waals surface area contributed by atoms with Gasteiger partial charge < -0.3 is 10.4 Å². The Morgan fingerprint density at radius 3 is 2.53 bits per heavy atom. The number of hydrogen-bond acceptors (Lipinski definition) is 2. The Labute approximate surface area is 120 Å². The van der Waals surface area contributed by atoms with Gasteiger partial charge in [-0.05, 0) is 61.4 Å². The summed E-state index contributed by atoms with van der Waals surface area (Å²) in [5.74, 6) is 0.0204. The van der Waals surface area contributed by atoms with E-state index >= 15 is 0 Å². The van der Waals surface area contributed by atoms with Crippen LogP contribution < -0.4 is 5.32 Å². The minimum atomic E-state index is -0.168. The molecule has 19 heavy (non-hydrogen) atoms. The normalized spacial score (nSPS) is 10.3. The summed E-state index contributed by atoms with van der Waals surface area (Å²) in [5.41, 5.74) is 3.13. The van der Waals surface area contributed by atoms with E-state index < -0.39 is 0 Å².